The van der Waals surface area contributed by atoms with Crippen LogP contribution in [-0.4, -0.2) is 17.3 Å². The van der Waals surface area contributed by atoms with Gasteiger partial charge in [-0.05, 0) is 44.9 Å². The molecule has 0 fully saturated rings. The zero-order chi connectivity index (χ0) is 13.1. The maximum atomic E-state index is 8.99. The molecule has 0 heterocycles. The van der Waals surface area contributed by atoms with Gasteiger partial charge in [0.1, 0.15) is 0 Å². The van der Waals surface area contributed by atoms with Crippen LogP contribution in [0.4, 0.5) is 0 Å². The van der Waals surface area contributed by atoms with Crippen LogP contribution >= 0.6 is 23.2 Å². The fraction of sp³-hybridized carbons (Fsp3) is 0.538. The highest BCUT2D eigenvalue weighted by Gasteiger charge is 2.20. The van der Waals surface area contributed by atoms with E-state index in [1.54, 1.807) is 6.07 Å². The van der Waals surface area contributed by atoms with Crippen molar-refractivity contribution in [3.63, 3.8) is 0 Å². The number of aliphatic hydroxyl groups is 1. The first kappa shape index (κ1) is 14.8. The molecular formula is C13H19Cl2NO. The molecule has 0 saturated heterocycles. The van der Waals surface area contributed by atoms with Crippen LogP contribution in [-0.2, 0) is 0 Å². The Kier molecular flexibility index (Phi) is 5.26. The van der Waals surface area contributed by atoms with Crippen molar-refractivity contribution in [2.45, 2.75) is 38.8 Å². The van der Waals surface area contributed by atoms with E-state index in [0.717, 1.165) is 5.56 Å². The average Bonchev–Trinajstić information content (AvgIpc) is 2.21. The van der Waals surface area contributed by atoms with Gasteiger partial charge in [-0.15, -0.1) is 0 Å². The van der Waals surface area contributed by atoms with Crippen molar-refractivity contribution in [3.05, 3.63) is 33.8 Å². The number of hydrogen-bond donors (Lipinski definition) is 2. The van der Waals surface area contributed by atoms with Crippen LogP contribution in [0, 0.1) is 0 Å². The Morgan fingerprint density at radius 1 is 1.29 bits per heavy atom. The molecule has 96 valence electrons. The fourth-order valence-corrected chi connectivity index (χ4v) is 2.11. The molecule has 0 aliphatic heterocycles. The molecule has 1 rings (SSSR count). The molecule has 2 N–H and O–H groups in total. The van der Waals surface area contributed by atoms with Crippen molar-refractivity contribution in [3.8, 4) is 0 Å². The lowest BCUT2D eigenvalue weighted by Crippen LogP contribution is -2.41. The second kappa shape index (κ2) is 6.05. The Balaban J connectivity index is 2.76. The molecule has 1 unspecified atom stereocenters. The van der Waals surface area contributed by atoms with Gasteiger partial charge in [0.05, 0.1) is 10.0 Å². The molecule has 1 atom stereocenters. The lowest BCUT2D eigenvalue weighted by atomic mass is 9.98. The van der Waals surface area contributed by atoms with Crippen LogP contribution < -0.4 is 5.32 Å². The van der Waals surface area contributed by atoms with Crippen molar-refractivity contribution >= 4 is 23.2 Å². The standard InChI is InChI=1S/C13H19Cl2NO/c1-9(16-13(2,3)6-7-17)10-4-5-11(14)12(15)8-10/h4-5,8-9,16-17H,6-7H2,1-3H3. The maximum Gasteiger partial charge on any atom is 0.0595 e. The summed E-state index contributed by atoms with van der Waals surface area (Å²) in [5.41, 5.74) is 0.978. The van der Waals surface area contributed by atoms with Gasteiger partial charge >= 0.3 is 0 Å². The molecule has 17 heavy (non-hydrogen) atoms. The monoisotopic (exact) mass is 275 g/mol. The summed E-state index contributed by atoms with van der Waals surface area (Å²) < 4.78 is 0. The minimum atomic E-state index is -0.111. The first-order chi connectivity index (χ1) is 7.85. The Bertz CT molecular complexity index is 380. The second-order valence-corrected chi connectivity index (χ2v) is 5.71. The summed E-state index contributed by atoms with van der Waals surface area (Å²) in [7, 11) is 0. The van der Waals surface area contributed by atoms with E-state index in [9.17, 15) is 0 Å². The van der Waals surface area contributed by atoms with E-state index in [0.29, 0.717) is 16.5 Å². The van der Waals surface area contributed by atoms with Gasteiger partial charge in [-0.3, -0.25) is 0 Å². The van der Waals surface area contributed by atoms with E-state index in [2.05, 4.69) is 26.1 Å². The molecule has 1 aromatic rings. The fourth-order valence-electron chi connectivity index (χ4n) is 1.80. The van der Waals surface area contributed by atoms with Gasteiger partial charge in [-0.1, -0.05) is 29.3 Å². The topological polar surface area (TPSA) is 32.3 Å². The number of nitrogens with one attached hydrogen (secondary N) is 1. The molecule has 0 aromatic heterocycles. The average molecular weight is 276 g/mol. The van der Waals surface area contributed by atoms with Gasteiger partial charge in [-0.2, -0.15) is 0 Å². The summed E-state index contributed by atoms with van der Waals surface area (Å²) in [5.74, 6) is 0. The van der Waals surface area contributed by atoms with Crippen LogP contribution in [0.25, 0.3) is 0 Å². The third-order valence-corrected chi connectivity index (χ3v) is 3.53. The summed E-state index contributed by atoms with van der Waals surface area (Å²) in [6.45, 7) is 6.38. The number of rotatable bonds is 5. The molecule has 0 saturated carbocycles. The third-order valence-electron chi connectivity index (χ3n) is 2.79. The zero-order valence-corrected chi connectivity index (χ0v) is 11.9. The largest absolute Gasteiger partial charge is 0.396 e. The molecule has 0 bridgehead atoms. The maximum absolute atomic E-state index is 8.99. The van der Waals surface area contributed by atoms with Gasteiger partial charge < -0.3 is 10.4 Å². The van der Waals surface area contributed by atoms with Crippen LogP contribution in [0.15, 0.2) is 18.2 Å². The van der Waals surface area contributed by atoms with Gasteiger partial charge in [-0.25, -0.2) is 0 Å². The number of benzene rings is 1. The summed E-state index contributed by atoms with van der Waals surface area (Å²) in [6.07, 6.45) is 0.707. The second-order valence-electron chi connectivity index (χ2n) is 4.90. The van der Waals surface area contributed by atoms with E-state index < -0.39 is 0 Å². The summed E-state index contributed by atoms with van der Waals surface area (Å²) in [5, 5.41) is 13.6. The number of aliphatic hydroxyl groups excluding tert-OH is 1. The SMILES string of the molecule is CC(NC(C)(C)CCO)c1ccc(Cl)c(Cl)c1. The minimum absolute atomic E-state index is 0.111. The molecule has 4 heteroatoms. The molecule has 2 nitrogen and oxygen atoms in total. The highest BCUT2D eigenvalue weighted by atomic mass is 35.5. The van der Waals surface area contributed by atoms with Crippen molar-refractivity contribution in [2.75, 3.05) is 6.61 Å². The smallest absolute Gasteiger partial charge is 0.0595 e. The van der Waals surface area contributed by atoms with Crippen LogP contribution in [0.5, 0.6) is 0 Å². The molecule has 0 radical (unpaired) electrons. The van der Waals surface area contributed by atoms with E-state index in [-0.39, 0.29) is 18.2 Å². The normalized spacial score (nSPS) is 13.8. The van der Waals surface area contributed by atoms with Crippen molar-refractivity contribution in [2.24, 2.45) is 0 Å². The Morgan fingerprint density at radius 3 is 2.47 bits per heavy atom. The molecule has 0 aliphatic carbocycles. The molecular weight excluding hydrogens is 257 g/mol. The van der Waals surface area contributed by atoms with Gasteiger partial charge in [0.25, 0.3) is 0 Å². The molecule has 0 spiro atoms. The zero-order valence-electron chi connectivity index (χ0n) is 10.4. The summed E-state index contributed by atoms with van der Waals surface area (Å²) >= 11 is 11.9. The van der Waals surface area contributed by atoms with Gasteiger partial charge in [0.15, 0.2) is 0 Å². The quantitative estimate of drug-likeness (QED) is 0.857. The minimum Gasteiger partial charge on any atom is -0.396 e. The van der Waals surface area contributed by atoms with Crippen molar-refractivity contribution in [1.29, 1.82) is 0 Å². The lowest BCUT2D eigenvalue weighted by Gasteiger charge is -2.30. The number of hydrogen-bond acceptors (Lipinski definition) is 2. The molecule has 0 aliphatic rings. The third kappa shape index (κ3) is 4.47. The first-order valence-corrected chi connectivity index (χ1v) is 6.45. The first-order valence-electron chi connectivity index (χ1n) is 5.69. The summed E-state index contributed by atoms with van der Waals surface area (Å²) in [6, 6.07) is 5.79. The van der Waals surface area contributed by atoms with E-state index in [1.807, 2.05) is 12.1 Å². The van der Waals surface area contributed by atoms with Crippen molar-refractivity contribution in [1.82, 2.24) is 5.32 Å². The lowest BCUT2D eigenvalue weighted by molar-refractivity contribution is 0.221. The predicted molar refractivity (Wildman–Crippen MR) is 73.8 cm³/mol. The highest BCUT2D eigenvalue weighted by molar-refractivity contribution is 6.42. The van der Waals surface area contributed by atoms with Gasteiger partial charge in [0, 0.05) is 18.2 Å². The van der Waals surface area contributed by atoms with Crippen LogP contribution in [0.2, 0.25) is 10.0 Å². The van der Waals surface area contributed by atoms with Crippen LogP contribution in [0.3, 0.4) is 0 Å². The molecule has 0 amide bonds. The predicted octanol–water partition coefficient (Wildman–Crippen LogP) is 3.81. The van der Waals surface area contributed by atoms with E-state index >= 15 is 0 Å². The number of halogens is 2. The Morgan fingerprint density at radius 2 is 1.94 bits per heavy atom. The van der Waals surface area contributed by atoms with Crippen LogP contribution in [0.1, 0.15) is 38.8 Å². The van der Waals surface area contributed by atoms with E-state index in [1.165, 1.54) is 0 Å². The van der Waals surface area contributed by atoms with Gasteiger partial charge in [0.2, 0.25) is 0 Å². The highest BCUT2D eigenvalue weighted by Crippen LogP contribution is 2.26. The Hall–Kier alpha value is -0.280. The van der Waals surface area contributed by atoms with E-state index in [4.69, 9.17) is 28.3 Å². The molecule has 1 aromatic carbocycles. The Labute approximate surface area is 113 Å². The summed E-state index contributed by atoms with van der Waals surface area (Å²) in [4.78, 5) is 0. The van der Waals surface area contributed by atoms with Crippen molar-refractivity contribution < 1.29 is 5.11 Å².